The van der Waals surface area contributed by atoms with E-state index in [0.717, 1.165) is 18.7 Å². The summed E-state index contributed by atoms with van der Waals surface area (Å²) < 4.78 is 5.58. The second-order valence-electron chi connectivity index (χ2n) is 4.50. The summed E-state index contributed by atoms with van der Waals surface area (Å²) in [6.45, 7) is 5.98. The summed E-state index contributed by atoms with van der Waals surface area (Å²) in [6.07, 6.45) is 0.943. The van der Waals surface area contributed by atoms with Crippen molar-refractivity contribution in [2.24, 2.45) is 5.92 Å². The first-order chi connectivity index (χ1) is 8.24. The third kappa shape index (κ3) is 5.71. The lowest BCUT2D eigenvalue weighted by molar-refractivity contribution is 0.207. The van der Waals surface area contributed by atoms with Crippen LogP contribution < -0.4 is 10.1 Å². The van der Waals surface area contributed by atoms with Gasteiger partial charge in [-0.15, -0.1) is 0 Å². The van der Waals surface area contributed by atoms with Gasteiger partial charge in [0.15, 0.2) is 0 Å². The van der Waals surface area contributed by atoms with Crippen molar-refractivity contribution in [3.8, 4) is 5.75 Å². The molecule has 2 N–H and O–H groups in total. The normalized spacial score (nSPS) is 12.7. The summed E-state index contributed by atoms with van der Waals surface area (Å²) in [4.78, 5) is 0. The fraction of sp³-hybridized carbons (Fsp3) is 0.571. The molecule has 0 aromatic heterocycles. The van der Waals surface area contributed by atoms with E-state index < -0.39 is 0 Å². The van der Waals surface area contributed by atoms with Gasteiger partial charge in [-0.25, -0.2) is 0 Å². The maximum atomic E-state index is 9.14. The first-order valence-corrected chi connectivity index (χ1v) is 6.26. The monoisotopic (exact) mass is 237 g/mol. The summed E-state index contributed by atoms with van der Waals surface area (Å²) >= 11 is 0. The van der Waals surface area contributed by atoms with E-state index in [1.807, 2.05) is 30.3 Å². The van der Waals surface area contributed by atoms with E-state index in [1.54, 1.807) is 0 Å². The lowest BCUT2D eigenvalue weighted by Gasteiger charge is -2.19. The maximum Gasteiger partial charge on any atom is 0.119 e. The number of para-hydroxylation sites is 1. The molecule has 0 radical (unpaired) electrons. The molecule has 0 saturated heterocycles. The van der Waals surface area contributed by atoms with Gasteiger partial charge in [0.25, 0.3) is 0 Å². The van der Waals surface area contributed by atoms with Crippen molar-refractivity contribution in [3.05, 3.63) is 30.3 Å². The van der Waals surface area contributed by atoms with Gasteiger partial charge in [0.05, 0.1) is 13.2 Å². The number of hydrogen-bond donors (Lipinski definition) is 2. The minimum absolute atomic E-state index is 0.187. The molecule has 0 heterocycles. The summed E-state index contributed by atoms with van der Waals surface area (Å²) in [6, 6.07) is 10.0. The summed E-state index contributed by atoms with van der Waals surface area (Å²) in [5.74, 6) is 1.37. The molecule has 3 heteroatoms. The third-order valence-corrected chi connectivity index (χ3v) is 2.74. The first-order valence-electron chi connectivity index (χ1n) is 6.26. The summed E-state index contributed by atoms with van der Waals surface area (Å²) in [5.41, 5.74) is 0. The Morgan fingerprint density at radius 2 is 1.94 bits per heavy atom. The van der Waals surface area contributed by atoms with Crippen LogP contribution in [0.3, 0.4) is 0 Å². The molecular formula is C14H23NO2. The fourth-order valence-electron chi connectivity index (χ4n) is 1.58. The lowest BCUT2D eigenvalue weighted by Crippen LogP contribution is -2.37. The Kier molecular flexibility index (Phi) is 6.67. The number of ether oxygens (including phenoxy) is 1. The molecule has 0 amide bonds. The van der Waals surface area contributed by atoms with Crippen LogP contribution in [0, 0.1) is 5.92 Å². The van der Waals surface area contributed by atoms with Crippen molar-refractivity contribution >= 4 is 0 Å². The third-order valence-electron chi connectivity index (χ3n) is 2.74. The van der Waals surface area contributed by atoms with Gasteiger partial charge in [0.2, 0.25) is 0 Å². The molecule has 1 atom stereocenters. The van der Waals surface area contributed by atoms with Crippen molar-refractivity contribution in [3.63, 3.8) is 0 Å². The van der Waals surface area contributed by atoms with Crippen LogP contribution in [0.25, 0.3) is 0 Å². The van der Waals surface area contributed by atoms with Crippen molar-refractivity contribution in [2.75, 3.05) is 19.8 Å². The van der Waals surface area contributed by atoms with Crippen LogP contribution in [0.15, 0.2) is 30.3 Å². The molecule has 0 aliphatic carbocycles. The number of benzene rings is 1. The zero-order valence-electron chi connectivity index (χ0n) is 10.7. The van der Waals surface area contributed by atoms with Crippen LogP contribution >= 0.6 is 0 Å². The van der Waals surface area contributed by atoms with Gasteiger partial charge in [-0.05, 0) is 31.0 Å². The Morgan fingerprint density at radius 3 is 2.53 bits per heavy atom. The minimum atomic E-state index is 0.187. The van der Waals surface area contributed by atoms with E-state index in [9.17, 15) is 0 Å². The average molecular weight is 237 g/mol. The van der Waals surface area contributed by atoms with Crippen LogP contribution in [-0.2, 0) is 0 Å². The van der Waals surface area contributed by atoms with Crippen molar-refractivity contribution < 1.29 is 9.84 Å². The summed E-state index contributed by atoms with van der Waals surface area (Å²) in [7, 11) is 0. The predicted molar refractivity (Wildman–Crippen MR) is 70.3 cm³/mol. The van der Waals surface area contributed by atoms with E-state index in [4.69, 9.17) is 9.84 Å². The van der Waals surface area contributed by atoms with Gasteiger partial charge < -0.3 is 15.2 Å². The van der Waals surface area contributed by atoms with Gasteiger partial charge in [-0.2, -0.15) is 0 Å². The SMILES string of the molecule is CC(C)[C@@H](CO)NCCCOc1ccccc1. The summed E-state index contributed by atoms with van der Waals surface area (Å²) in [5, 5.41) is 12.5. The van der Waals surface area contributed by atoms with Crippen LogP contribution in [-0.4, -0.2) is 30.9 Å². The first kappa shape index (κ1) is 14.0. The smallest absolute Gasteiger partial charge is 0.119 e. The van der Waals surface area contributed by atoms with Crippen LogP contribution in [0.4, 0.5) is 0 Å². The highest BCUT2D eigenvalue weighted by Gasteiger charge is 2.09. The molecule has 96 valence electrons. The topological polar surface area (TPSA) is 41.5 Å². The number of hydrogen-bond acceptors (Lipinski definition) is 3. The molecule has 0 bridgehead atoms. The van der Waals surface area contributed by atoms with Crippen molar-refractivity contribution in [1.29, 1.82) is 0 Å². The number of aliphatic hydroxyl groups excluding tert-OH is 1. The molecule has 1 aromatic rings. The van der Waals surface area contributed by atoms with E-state index in [-0.39, 0.29) is 12.6 Å². The van der Waals surface area contributed by atoms with Crippen molar-refractivity contribution in [1.82, 2.24) is 5.32 Å². The van der Waals surface area contributed by atoms with Crippen LogP contribution in [0.5, 0.6) is 5.75 Å². The zero-order chi connectivity index (χ0) is 12.5. The van der Waals surface area contributed by atoms with Gasteiger partial charge >= 0.3 is 0 Å². The molecule has 0 fully saturated rings. The Hall–Kier alpha value is -1.06. The Morgan fingerprint density at radius 1 is 1.24 bits per heavy atom. The van der Waals surface area contributed by atoms with Gasteiger partial charge in [-0.1, -0.05) is 32.0 Å². The van der Waals surface area contributed by atoms with E-state index >= 15 is 0 Å². The highest BCUT2D eigenvalue weighted by Crippen LogP contribution is 2.08. The number of nitrogens with one attached hydrogen (secondary N) is 1. The molecule has 0 spiro atoms. The molecule has 1 aromatic carbocycles. The minimum Gasteiger partial charge on any atom is -0.494 e. The predicted octanol–water partition coefficient (Wildman–Crippen LogP) is 2.06. The Labute approximate surface area is 104 Å². The van der Waals surface area contributed by atoms with Crippen LogP contribution in [0.2, 0.25) is 0 Å². The fourth-order valence-corrected chi connectivity index (χ4v) is 1.58. The van der Waals surface area contributed by atoms with E-state index in [0.29, 0.717) is 12.5 Å². The molecule has 0 aliphatic heterocycles. The zero-order valence-corrected chi connectivity index (χ0v) is 10.7. The second-order valence-corrected chi connectivity index (χ2v) is 4.50. The second kappa shape index (κ2) is 8.09. The quantitative estimate of drug-likeness (QED) is 0.680. The number of aliphatic hydroxyl groups is 1. The molecule has 0 saturated carbocycles. The average Bonchev–Trinajstić information content (AvgIpc) is 2.34. The van der Waals surface area contributed by atoms with E-state index in [1.165, 1.54) is 0 Å². The molecule has 0 unspecified atom stereocenters. The standard InChI is InChI=1S/C14H23NO2/c1-12(2)14(11-16)15-9-6-10-17-13-7-4-3-5-8-13/h3-5,7-8,12,14-16H,6,9-11H2,1-2H3/t14-/m1/s1. The van der Waals surface area contributed by atoms with Gasteiger partial charge in [0, 0.05) is 6.04 Å². The maximum absolute atomic E-state index is 9.14. The van der Waals surface area contributed by atoms with Gasteiger partial charge in [-0.3, -0.25) is 0 Å². The molecule has 0 aliphatic rings. The lowest BCUT2D eigenvalue weighted by atomic mass is 10.1. The largest absolute Gasteiger partial charge is 0.494 e. The van der Waals surface area contributed by atoms with Crippen LogP contribution in [0.1, 0.15) is 20.3 Å². The van der Waals surface area contributed by atoms with E-state index in [2.05, 4.69) is 19.2 Å². The Balaban J connectivity index is 2.08. The van der Waals surface area contributed by atoms with Crippen molar-refractivity contribution in [2.45, 2.75) is 26.3 Å². The number of rotatable bonds is 8. The Bertz CT molecular complexity index is 288. The highest BCUT2D eigenvalue weighted by atomic mass is 16.5. The molecule has 3 nitrogen and oxygen atoms in total. The molecule has 1 rings (SSSR count). The molecular weight excluding hydrogens is 214 g/mol. The highest BCUT2D eigenvalue weighted by molar-refractivity contribution is 5.20. The van der Waals surface area contributed by atoms with Gasteiger partial charge in [0.1, 0.15) is 5.75 Å². The molecule has 17 heavy (non-hydrogen) atoms.